The predicted octanol–water partition coefficient (Wildman–Crippen LogP) is 5.84. The summed E-state index contributed by atoms with van der Waals surface area (Å²) in [6.45, 7) is 0. The number of halogens is 2. The first-order chi connectivity index (χ1) is 15.0. The van der Waals surface area contributed by atoms with Crippen molar-refractivity contribution in [2.75, 3.05) is 10.7 Å². The molecule has 4 rings (SSSR count). The monoisotopic (exact) mass is 450 g/mol. The highest BCUT2D eigenvalue weighted by molar-refractivity contribution is 8.14. The molecule has 31 heavy (non-hydrogen) atoms. The first-order valence-corrected chi connectivity index (χ1v) is 10.7. The van der Waals surface area contributed by atoms with Crippen molar-refractivity contribution in [1.82, 2.24) is 0 Å². The maximum Gasteiger partial charge on any atom is 0.296 e. The smallest absolute Gasteiger partial charge is 0.293 e. The molecule has 1 aliphatic heterocycles. The molecule has 4 nitrogen and oxygen atoms in total. The number of nitrogens with zero attached hydrogens (tertiary/aromatic N) is 2. The number of rotatable bonds is 5. The zero-order valence-corrected chi connectivity index (χ0v) is 17.7. The predicted molar refractivity (Wildman–Crippen MR) is 124 cm³/mol. The van der Waals surface area contributed by atoms with Gasteiger partial charge in [-0.2, -0.15) is 4.99 Å². The van der Waals surface area contributed by atoms with Crippen molar-refractivity contribution in [3.63, 3.8) is 0 Å². The molecule has 0 bridgehead atoms. The van der Waals surface area contributed by atoms with Crippen molar-refractivity contribution in [1.29, 1.82) is 0 Å². The summed E-state index contributed by atoms with van der Waals surface area (Å²) in [5.74, 6) is -0.760. The van der Waals surface area contributed by atoms with Crippen LogP contribution in [0.1, 0.15) is 15.9 Å². The van der Waals surface area contributed by atoms with Crippen LogP contribution in [0.2, 0.25) is 5.02 Å². The number of para-hydroxylation sites is 1. The molecule has 0 fully saturated rings. The number of carbonyl (C=O) groups is 2. The molecule has 0 radical (unpaired) electrons. The lowest BCUT2D eigenvalue weighted by Gasteiger charge is -2.20. The maximum atomic E-state index is 13.3. The normalized spacial score (nSPS) is 14.8. The number of ketones is 1. The van der Waals surface area contributed by atoms with Crippen molar-refractivity contribution in [2.45, 2.75) is 0 Å². The molecule has 3 aromatic rings. The quantitative estimate of drug-likeness (QED) is 0.362. The highest BCUT2D eigenvalue weighted by Gasteiger charge is 2.31. The molecular weight excluding hydrogens is 435 g/mol. The number of Topliss-reactive ketones (excluding diaryl/α,β-unsaturated/α-hetero) is 1. The van der Waals surface area contributed by atoms with Gasteiger partial charge < -0.3 is 0 Å². The van der Waals surface area contributed by atoms with Crippen molar-refractivity contribution in [2.24, 2.45) is 4.99 Å². The van der Waals surface area contributed by atoms with Crippen LogP contribution in [0.25, 0.3) is 6.08 Å². The van der Waals surface area contributed by atoms with Gasteiger partial charge >= 0.3 is 0 Å². The Morgan fingerprint density at radius 3 is 2.35 bits per heavy atom. The van der Waals surface area contributed by atoms with Gasteiger partial charge in [0.15, 0.2) is 11.0 Å². The molecule has 0 saturated carbocycles. The summed E-state index contributed by atoms with van der Waals surface area (Å²) >= 11 is 7.07. The molecular formula is C24H16ClFN2O2S. The van der Waals surface area contributed by atoms with E-state index in [0.717, 1.165) is 5.69 Å². The van der Waals surface area contributed by atoms with Gasteiger partial charge in [-0.1, -0.05) is 53.7 Å². The van der Waals surface area contributed by atoms with E-state index < -0.39 is 5.91 Å². The number of anilines is 1. The van der Waals surface area contributed by atoms with Crippen LogP contribution in [0, 0.1) is 5.82 Å². The third-order valence-corrected chi connectivity index (χ3v) is 5.73. The third kappa shape index (κ3) is 4.93. The van der Waals surface area contributed by atoms with Crippen molar-refractivity contribution >= 4 is 52.0 Å². The second-order valence-electron chi connectivity index (χ2n) is 6.67. The van der Waals surface area contributed by atoms with Crippen LogP contribution < -0.4 is 4.90 Å². The standard InChI is InChI=1S/C24H16ClFN2O2S/c25-18-10-8-17(9-11-18)22(29)15-31-24-27-23(30)21(14-16-6-12-19(26)13-7-16)28(24)20-4-2-1-3-5-20/h1-14H,15H2. The van der Waals surface area contributed by atoms with Crippen LogP contribution in [0.5, 0.6) is 0 Å². The summed E-state index contributed by atoms with van der Waals surface area (Å²) in [5.41, 5.74) is 2.28. The Kier molecular flexibility index (Phi) is 6.30. The molecule has 1 heterocycles. The minimum Gasteiger partial charge on any atom is -0.293 e. The zero-order valence-electron chi connectivity index (χ0n) is 16.2. The Bertz CT molecular complexity index is 1180. The van der Waals surface area contributed by atoms with E-state index in [1.54, 1.807) is 47.4 Å². The Hall–Kier alpha value is -3.22. The van der Waals surface area contributed by atoms with Gasteiger partial charge in [0.1, 0.15) is 11.5 Å². The van der Waals surface area contributed by atoms with E-state index in [1.165, 1.54) is 23.9 Å². The van der Waals surface area contributed by atoms with Crippen LogP contribution in [0.15, 0.2) is 89.6 Å². The number of carbonyl (C=O) groups excluding carboxylic acids is 2. The van der Waals surface area contributed by atoms with Gasteiger partial charge in [-0.05, 0) is 60.2 Å². The van der Waals surface area contributed by atoms with E-state index in [9.17, 15) is 14.0 Å². The second kappa shape index (κ2) is 9.29. The number of hydrogen-bond acceptors (Lipinski definition) is 4. The molecule has 0 spiro atoms. The largest absolute Gasteiger partial charge is 0.296 e. The number of benzene rings is 3. The van der Waals surface area contributed by atoms with Gasteiger partial charge in [0.05, 0.1) is 5.75 Å². The lowest BCUT2D eigenvalue weighted by molar-refractivity contribution is -0.113. The molecule has 154 valence electrons. The number of thioether (sulfide) groups is 1. The Labute approximate surface area is 188 Å². The maximum absolute atomic E-state index is 13.3. The second-order valence-corrected chi connectivity index (χ2v) is 8.05. The summed E-state index contributed by atoms with van der Waals surface area (Å²) < 4.78 is 13.3. The SMILES string of the molecule is O=C1N=C(SCC(=O)c2ccc(Cl)cc2)N(c2ccccc2)C1=Cc1ccc(F)cc1. The topological polar surface area (TPSA) is 49.7 Å². The van der Waals surface area contributed by atoms with Gasteiger partial charge in [0, 0.05) is 16.3 Å². The van der Waals surface area contributed by atoms with Gasteiger partial charge in [0.2, 0.25) is 0 Å². The summed E-state index contributed by atoms with van der Waals surface area (Å²) in [5, 5.41) is 0.965. The van der Waals surface area contributed by atoms with Crippen LogP contribution in [0.3, 0.4) is 0 Å². The molecule has 0 aromatic heterocycles. The number of amides is 1. The Balaban J connectivity index is 1.61. The first-order valence-electron chi connectivity index (χ1n) is 9.38. The average molecular weight is 451 g/mol. The van der Waals surface area contributed by atoms with Gasteiger partial charge in [-0.15, -0.1) is 0 Å². The lowest BCUT2D eigenvalue weighted by atomic mass is 10.1. The number of aliphatic imine (C=N–C) groups is 1. The molecule has 0 unspecified atom stereocenters. The molecule has 0 aliphatic carbocycles. The van der Waals surface area contributed by atoms with E-state index in [4.69, 9.17) is 11.6 Å². The number of amidine groups is 1. The molecule has 0 atom stereocenters. The van der Waals surface area contributed by atoms with Crippen molar-refractivity contribution in [3.05, 3.63) is 107 Å². The minimum atomic E-state index is -0.422. The fourth-order valence-corrected chi connectivity index (χ4v) is 4.04. The molecule has 7 heteroatoms. The lowest BCUT2D eigenvalue weighted by Crippen LogP contribution is -2.25. The summed E-state index contributed by atoms with van der Waals surface area (Å²) in [7, 11) is 0. The zero-order chi connectivity index (χ0) is 21.8. The molecule has 0 saturated heterocycles. The summed E-state index contributed by atoms with van der Waals surface area (Å²) in [6, 6.07) is 21.8. The fourth-order valence-electron chi connectivity index (χ4n) is 3.01. The first kappa shape index (κ1) is 21.0. The van der Waals surface area contributed by atoms with Gasteiger partial charge in [0.25, 0.3) is 5.91 Å². The third-order valence-electron chi connectivity index (χ3n) is 4.53. The molecule has 1 aliphatic rings. The Morgan fingerprint density at radius 1 is 1.00 bits per heavy atom. The van der Waals surface area contributed by atoms with E-state index in [-0.39, 0.29) is 17.4 Å². The molecule has 3 aromatic carbocycles. The van der Waals surface area contributed by atoms with Crippen molar-refractivity contribution in [3.8, 4) is 0 Å². The van der Waals surface area contributed by atoms with E-state index >= 15 is 0 Å². The highest BCUT2D eigenvalue weighted by Crippen LogP contribution is 2.31. The van der Waals surface area contributed by atoms with Gasteiger partial charge in [-0.3, -0.25) is 14.5 Å². The molecule has 0 N–H and O–H groups in total. The Morgan fingerprint density at radius 2 is 1.68 bits per heavy atom. The highest BCUT2D eigenvalue weighted by atomic mass is 35.5. The van der Waals surface area contributed by atoms with Crippen LogP contribution >= 0.6 is 23.4 Å². The average Bonchev–Trinajstić information content (AvgIpc) is 3.09. The van der Waals surface area contributed by atoms with Crippen LogP contribution in [-0.4, -0.2) is 22.6 Å². The molecule has 1 amide bonds. The van der Waals surface area contributed by atoms with Crippen LogP contribution in [-0.2, 0) is 4.79 Å². The van der Waals surface area contributed by atoms with E-state index in [2.05, 4.69) is 4.99 Å². The fraction of sp³-hybridized carbons (Fsp3) is 0.0417. The van der Waals surface area contributed by atoms with E-state index in [0.29, 0.717) is 27.0 Å². The van der Waals surface area contributed by atoms with E-state index in [1.807, 2.05) is 30.3 Å². The summed E-state index contributed by atoms with van der Waals surface area (Å²) in [6.07, 6.45) is 1.66. The van der Waals surface area contributed by atoms with Gasteiger partial charge in [-0.25, -0.2) is 4.39 Å². The van der Waals surface area contributed by atoms with Crippen molar-refractivity contribution < 1.29 is 14.0 Å². The van der Waals surface area contributed by atoms with Crippen LogP contribution in [0.4, 0.5) is 10.1 Å². The number of hydrogen-bond donors (Lipinski definition) is 0. The summed E-state index contributed by atoms with van der Waals surface area (Å²) in [4.78, 5) is 31.2. The minimum absolute atomic E-state index is 0.0965.